The van der Waals surface area contributed by atoms with Gasteiger partial charge in [0.1, 0.15) is 18.8 Å². The molecular weight excluding hydrogens is 374 g/mol. The molecule has 0 spiro atoms. The largest absolute Gasteiger partial charge is 1.00 e. The summed E-state index contributed by atoms with van der Waals surface area (Å²) in [6.07, 6.45) is 3.42. The summed E-state index contributed by atoms with van der Waals surface area (Å²) in [4.78, 5) is 14.6. The molecule has 1 unspecified atom stereocenters. The maximum absolute atomic E-state index is 13.4. The third-order valence-corrected chi connectivity index (χ3v) is 5.09. The van der Waals surface area contributed by atoms with Crippen molar-refractivity contribution in [2.75, 3.05) is 32.9 Å². The first-order valence-electron chi connectivity index (χ1n) is 10.0. The van der Waals surface area contributed by atoms with Gasteiger partial charge < -0.3 is 26.8 Å². The number of quaternary nitrogens is 1. The van der Waals surface area contributed by atoms with Crippen molar-refractivity contribution in [3.8, 4) is 5.75 Å². The second-order valence-electron chi connectivity index (χ2n) is 7.06. The van der Waals surface area contributed by atoms with Crippen molar-refractivity contribution in [1.82, 2.24) is 0 Å². The van der Waals surface area contributed by atoms with Crippen LogP contribution < -0.4 is 22.0 Å². The first-order valence-corrected chi connectivity index (χ1v) is 10.0. The molecule has 5 heteroatoms. The highest BCUT2D eigenvalue weighted by Gasteiger charge is 2.33. The molecule has 1 aliphatic heterocycles. The Hall–Kier alpha value is -1.88. The van der Waals surface area contributed by atoms with Crippen LogP contribution in [0.4, 0.5) is 0 Å². The van der Waals surface area contributed by atoms with E-state index in [1.807, 2.05) is 42.5 Å². The lowest BCUT2D eigenvalue weighted by molar-refractivity contribution is -0.928. The minimum Gasteiger partial charge on any atom is -1.00 e. The highest BCUT2D eigenvalue weighted by Crippen LogP contribution is 2.19. The first-order chi connectivity index (χ1) is 13.3. The fraction of sp³-hybridized carbons (Fsp3) is 0.435. The molecular formula is C23H30ClNO3. The van der Waals surface area contributed by atoms with Crippen LogP contribution in [-0.4, -0.2) is 38.7 Å². The Morgan fingerprint density at radius 1 is 1.04 bits per heavy atom. The van der Waals surface area contributed by atoms with E-state index >= 15 is 0 Å². The summed E-state index contributed by atoms with van der Waals surface area (Å²) in [5.74, 6) is 0.994. The number of Topliss-reactive ketones (excluding diaryl/α,β-unsaturated/α-hetero) is 1. The van der Waals surface area contributed by atoms with Crippen LogP contribution in [0.15, 0.2) is 54.6 Å². The van der Waals surface area contributed by atoms with Gasteiger partial charge in [-0.15, -0.1) is 0 Å². The Morgan fingerprint density at radius 3 is 2.36 bits per heavy atom. The molecule has 0 aliphatic carbocycles. The van der Waals surface area contributed by atoms with E-state index in [4.69, 9.17) is 9.47 Å². The second kappa shape index (κ2) is 11.8. The van der Waals surface area contributed by atoms with Crippen LogP contribution in [0.1, 0.15) is 48.1 Å². The molecule has 4 nitrogen and oxygen atoms in total. The number of carbonyl (C=O) groups is 1. The van der Waals surface area contributed by atoms with Crippen LogP contribution >= 0.6 is 0 Å². The van der Waals surface area contributed by atoms with Crippen molar-refractivity contribution < 1.29 is 31.6 Å². The quantitative estimate of drug-likeness (QED) is 0.477. The Kier molecular flexibility index (Phi) is 9.48. The lowest BCUT2D eigenvalue weighted by atomic mass is 9.95. The molecule has 1 fully saturated rings. The number of hydrogen-bond acceptors (Lipinski definition) is 3. The van der Waals surface area contributed by atoms with Gasteiger partial charge in [-0.3, -0.25) is 4.79 Å². The average molecular weight is 404 g/mol. The number of ether oxygens (including phenoxy) is 2. The van der Waals surface area contributed by atoms with Crippen molar-refractivity contribution in [3.63, 3.8) is 0 Å². The number of nitrogens with one attached hydrogen (secondary N) is 1. The van der Waals surface area contributed by atoms with Gasteiger partial charge in [0.15, 0.2) is 6.04 Å². The van der Waals surface area contributed by atoms with Crippen molar-refractivity contribution in [2.24, 2.45) is 0 Å². The molecule has 28 heavy (non-hydrogen) atoms. The molecule has 0 aromatic heterocycles. The highest BCUT2D eigenvalue weighted by molar-refractivity contribution is 5.99. The zero-order valence-electron chi connectivity index (χ0n) is 16.5. The second-order valence-corrected chi connectivity index (χ2v) is 7.06. The number of carbonyl (C=O) groups excluding carboxylic acids is 1. The Morgan fingerprint density at radius 2 is 1.71 bits per heavy atom. The van der Waals surface area contributed by atoms with E-state index in [1.165, 1.54) is 17.7 Å². The summed E-state index contributed by atoms with van der Waals surface area (Å²) in [5, 5.41) is 0. The van der Waals surface area contributed by atoms with Gasteiger partial charge in [-0.05, 0) is 30.7 Å². The minimum atomic E-state index is -0.188. The van der Waals surface area contributed by atoms with E-state index in [9.17, 15) is 4.79 Å². The molecule has 0 radical (unpaired) electrons. The normalized spacial score (nSPS) is 15.5. The Balaban J connectivity index is 0.00000280. The van der Waals surface area contributed by atoms with E-state index < -0.39 is 0 Å². The van der Waals surface area contributed by atoms with E-state index in [0.29, 0.717) is 13.2 Å². The molecule has 2 aromatic rings. The molecule has 0 bridgehead atoms. The first kappa shape index (κ1) is 22.4. The molecule has 1 N–H and O–H groups in total. The van der Waals surface area contributed by atoms with Gasteiger partial charge >= 0.3 is 0 Å². The predicted octanol–water partition coefficient (Wildman–Crippen LogP) is 0.0987. The Labute approximate surface area is 174 Å². The van der Waals surface area contributed by atoms with Crippen LogP contribution in [0.2, 0.25) is 0 Å². The van der Waals surface area contributed by atoms with Crippen LogP contribution in [0.3, 0.4) is 0 Å². The molecule has 1 aliphatic rings. The number of rotatable bonds is 9. The van der Waals surface area contributed by atoms with Crippen LogP contribution in [0, 0.1) is 0 Å². The number of hydrogen-bond donors (Lipinski definition) is 1. The number of morpholine rings is 1. The van der Waals surface area contributed by atoms with Gasteiger partial charge in [-0.1, -0.05) is 50.1 Å². The van der Waals surface area contributed by atoms with Crippen LogP contribution in [-0.2, 0) is 4.74 Å². The van der Waals surface area contributed by atoms with Crippen LogP contribution in [0.5, 0.6) is 5.75 Å². The number of unbranched alkanes of at least 4 members (excludes halogenated alkanes) is 2. The van der Waals surface area contributed by atoms with Crippen molar-refractivity contribution in [2.45, 2.75) is 32.2 Å². The van der Waals surface area contributed by atoms with Crippen molar-refractivity contribution in [3.05, 3.63) is 65.7 Å². The van der Waals surface area contributed by atoms with E-state index in [0.717, 1.165) is 43.0 Å². The predicted molar refractivity (Wildman–Crippen MR) is 106 cm³/mol. The number of halogens is 1. The van der Waals surface area contributed by atoms with E-state index in [-0.39, 0.29) is 24.2 Å². The third kappa shape index (κ3) is 6.06. The summed E-state index contributed by atoms with van der Waals surface area (Å²) >= 11 is 0. The smallest absolute Gasteiger partial charge is 0.224 e. The summed E-state index contributed by atoms with van der Waals surface area (Å²) in [6, 6.07) is 17.5. The number of ketones is 1. The maximum Gasteiger partial charge on any atom is 0.224 e. The summed E-state index contributed by atoms with van der Waals surface area (Å²) < 4.78 is 11.3. The fourth-order valence-electron chi connectivity index (χ4n) is 3.56. The molecule has 3 rings (SSSR count). The maximum atomic E-state index is 13.4. The van der Waals surface area contributed by atoms with Gasteiger partial charge in [-0.2, -0.15) is 0 Å². The molecule has 1 saturated heterocycles. The standard InChI is InChI=1S/C23H29NO3.ClH/c1-2-3-7-16-27-21-12-10-20(11-13-21)23(25)22(19-8-5-4-6-9-19)24-14-17-26-18-15-24;/h4-6,8-13,22H,2-3,7,14-18H2,1H3;1H. The van der Waals surface area contributed by atoms with E-state index in [2.05, 4.69) is 19.1 Å². The third-order valence-electron chi connectivity index (χ3n) is 5.09. The van der Waals surface area contributed by atoms with Crippen LogP contribution in [0.25, 0.3) is 0 Å². The molecule has 152 valence electrons. The van der Waals surface area contributed by atoms with Gasteiger partial charge in [-0.25, -0.2) is 0 Å². The Bertz CT molecular complexity index is 700. The molecule has 0 saturated carbocycles. The monoisotopic (exact) mass is 403 g/mol. The molecule has 0 amide bonds. The summed E-state index contributed by atoms with van der Waals surface area (Å²) in [5.41, 5.74) is 1.81. The van der Waals surface area contributed by atoms with Gasteiger partial charge in [0.25, 0.3) is 0 Å². The average Bonchev–Trinajstić information content (AvgIpc) is 2.73. The SMILES string of the molecule is CCCCCOc1ccc(C(=O)C(c2ccccc2)[NH+]2CCOCC2)cc1.[Cl-]. The van der Waals surface area contributed by atoms with Gasteiger partial charge in [0, 0.05) is 11.1 Å². The molecule has 2 aromatic carbocycles. The van der Waals surface area contributed by atoms with Crippen molar-refractivity contribution in [1.29, 1.82) is 0 Å². The zero-order valence-corrected chi connectivity index (χ0v) is 17.3. The lowest BCUT2D eigenvalue weighted by Crippen LogP contribution is -3.15. The van der Waals surface area contributed by atoms with Gasteiger partial charge in [0.2, 0.25) is 5.78 Å². The summed E-state index contributed by atoms with van der Waals surface area (Å²) in [6.45, 7) is 6.02. The van der Waals surface area contributed by atoms with Gasteiger partial charge in [0.05, 0.1) is 19.8 Å². The minimum absolute atomic E-state index is 0. The zero-order chi connectivity index (χ0) is 18.9. The van der Waals surface area contributed by atoms with E-state index in [1.54, 1.807) is 0 Å². The lowest BCUT2D eigenvalue weighted by Gasteiger charge is -2.31. The topological polar surface area (TPSA) is 40.0 Å². The number of benzene rings is 2. The molecule has 1 atom stereocenters. The van der Waals surface area contributed by atoms with Crippen molar-refractivity contribution >= 4 is 5.78 Å². The fourth-order valence-corrected chi connectivity index (χ4v) is 3.56. The highest BCUT2D eigenvalue weighted by atomic mass is 35.5. The molecule has 1 heterocycles. The summed E-state index contributed by atoms with van der Waals surface area (Å²) in [7, 11) is 0.